The van der Waals surface area contributed by atoms with Gasteiger partial charge in [0.25, 0.3) is 0 Å². The number of benzene rings is 2. The number of fused-ring (bicyclic) bond motifs is 2. The molecule has 2 aromatic rings. The van der Waals surface area contributed by atoms with Crippen molar-refractivity contribution in [3.63, 3.8) is 0 Å². The van der Waals surface area contributed by atoms with E-state index in [0.29, 0.717) is 11.1 Å². The predicted molar refractivity (Wildman–Crippen MR) is 70.0 cm³/mol. The van der Waals surface area contributed by atoms with Gasteiger partial charge in [-0.25, -0.2) is 4.79 Å². The van der Waals surface area contributed by atoms with E-state index in [9.17, 15) is 14.4 Å². The second-order valence-electron chi connectivity index (χ2n) is 4.30. The van der Waals surface area contributed by atoms with Crippen LogP contribution in [0.3, 0.4) is 0 Å². The van der Waals surface area contributed by atoms with Gasteiger partial charge >= 0.3 is 6.09 Å². The van der Waals surface area contributed by atoms with Crippen molar-refractivity contribution in [2.24, 2.45) is 5.73 Å². The molecule has 98 valence electrons. The Labute approximate surface area is 114 Å². The van der Waals surface area contributed by atoms with Crippen molar-refractivity contribution in [2.45, 2.75) is 0 Å². The molecule has 1 aliphatic carbocycles. The van der Waals surface area contributed by atoms with Crippen LogP contribution >= 0.6 is 0 Å². The van der Waals surface area contributed by atoms with E-state index in [2.05, 4.69) is 0 Å². The lowest BCUT2D eigenvalue weighted by Crippen LogP contribution is -2.24. The fourth-order valence-electron chi connectivity index (χ4n) is 2.31. The minimum atomic E-state index is -1.03. The monoisotopic (exact) mass is 267 g/mol. The maximum absolute atomic E-state index is 12.5. The summed E-state index contributed by atoms with van der Waals surface area (Å²) < 4.78 is 4.81. The van der Waals surface area contributed by atoms with Crippen LogP contribution in [0.2, 0.25) is 0 Å². The number of nitrogens with two attached hydrogens (primary N) is 1. The lowest BCUT2D eigenvalue weighted by atomic mass is 9.84. The Morgan fingerprint density at radius 2 is 1.45 bits per heavy atom. The highest BCUT2D eigenvalue weighted by molar-refractivity contribution is 6.29. The van der Waals surface area contributed by atoms with Gasteiger partial charge in [-0.1, -0.05) is 36.4 Å². The molecule has 0 aromatic heterocycles. The van der Waals surface area contributed by atoms with Crippen molar-refractivity contribution in [3.8, 4) is 5.75 Å². The summed E-state index contributed by atoms with van der Waals surface area (Å²) in [6, 6.07) is 11.0. The predicted octanol–water partition coefficient (Wildman–Crippen LogP) is 1.92. The molecule has 1 aliphatic rings. The molecule has 0 aliphatic heterocycles. The van der Waals surface area contributed by atoms with Crippen LogP contribution < -0.4 is 10.5 Å². The number of ketones is 2. The Morgan fingerprint density at radius 1 is 0.850 bits per heavy atom. The molecule has 0 bridgehead atoms. The molecule has 2 N–H and O–H groups in total. The number of carbonyl (C=O) groups excluding carboxylic acids is 3. The third kappa shape index (κ3) is 1.68. The number of rotatable bonds is 1. The average molecular weight is 267 g/mol. The Hall–Kier alpha value is -2.95. The van der Waals surface area contributed by atoms with E-state index in [-0.39, 0.29) is 28.4 Å². The SMILES string of the molecule is NC(=O)Oc1cccc2c1C(=O)c1ccccc1C2=O. The summed E-state index contributed by atoms with van der Waals surface area (Å²) in [6.45, 7) is 0. The number of carbonyl (C=O) groups is 3. The van der Waals surface area contributed by atoms with Crippen LogP contribution in [-0.4, -0.2) is 17.7 Å². The van der Waals surface area contributed by atoms with Crippen LogP contribution in [0.1, 0.15) is 31.8 Å². The van der Waals surface area contributed by atoms with Crippen molar-refractivity contribution in [1.29, 1.82) is 0 Å². The third-order valence-electron chi connectivity index (χ3n) is 3.12. The summed E-state index contributed by atoms with van der Waals surface area (Å²) in [5, 5.41) is 0. The summed E-state index contributed by atoms with van der Waals surface area (Å²) >= 11 is 0. The van der Waals surface area contributed by atoms with E-state index in [1.165, 1.54) is 18.2 Å². The van der Waals surface area contributed by atoms with Gasteiger partial charge in [-0.05, 0) is 6.07 Å². The van der Waals surface area contributed by atoms with Crippen molar-refractivity contribution in [2.75, 3.05) is 0 Å². The summed E-state index contributed by atoms with van der Waals surface area (Å²) in [5.74, 6) is -0.625. The first-order chi connectivity index (χ1) is 9.59. The molecular weight excluding hydrogens is 258 g/mol. The van der Waals surface area contributed by atoms with Gasteiger partial charge < -0.3 is 10.5 Å². The van der Waals surface area contributed by atoms with Crippen LogP contribution in [0.4, 0.5) is 4.79 Å². The van der Waals surface area contributed by atoms with Crippen LogP contribution in [0.5, 0.6) is 5.75 Å². The first-order valence-electron chi connectivity index (χ1n) is 5.88. The number of amides is 1. The lowest BCUT2D eigenvalue weighted by molar-refractivity contribution is 0.0976. The molecule has 20 heavy (non-hydrogen) atoms. The summed E-state index contributed by atoms with van der Waals surface area (Å²) in [7, 11) is 0. The molecule has 0 atom stereocenters. The van der Waals surface area contributed by atoms with Gasteiger partial charge in [-0.2, -0.15) is 0 Å². The standard InChI is InChI=1S/C15H9NO4/c16-15(19)20-11-7-3-6-10-12(11)14(18)9-5-2-1-4-8(9)13(10)17/h1-7H,(H2,16,19). The zero-order chi connectivity index (χ0) is 14.3. The summed E-state index contributed by atoms with van der Waals surface area (Å²) in [4.78, 5) is 35.7. The molecule has 5 heteroatoms. The molecule has 0 heterocycles. The topological polar surface area (TPSA) is 86.5 Å². The third-order valence-corrected chi connectivity index (χ3v) is 3.12. The molecular formula is C15H9NO4. The maximum atomic E-state index is 12.5. The minimum absolute atomic E-state index is 0.00264. The normalized spacial score (nSPS) is 12.6. The fourth-order valence-corrected chi connectivity index (χ4v) is 2.31. The quantitative estimate of drug-likeness (QED) is 0.729. The van der Waals surface area contributed by atoms with Crippen LogP contribution in [0.15, 0.2) is 42.5 Å². The van der Waals surface area contributed by atoms with Gasteiger partial charge in [0, 0.05) is 16.7 Å². The van der Waals surface area contributed by atoms with E-state index < -0.39 is 6.09 Å². The minimum Gasteiger partial charge on any atom is -0.410 e. The Balaban J connectivity index is 2.25. The van der Waals surface area contributed by atoms with E-state index in [1.807, 2.05) is 0 Å². The van der Waals surface area contributed by atoms with Crippen LogP contribution in [-0.2, 0) is 0 Å². The molecule has 0 spiro atoms. The molecule has 0 fully saturated rings. The lowest BCUT2D eigenvalue weighted by Gasteiger charge is -2.19. The molecule has 3 rings (SSSR count). The molecule has 0 saturated heterocycles. The fraction of sp³-hybridized carbons (Fsp3) is 0. The Kier molecular flexibility index (Phi) is 2.61. The van der Waals surface area contributed by atoms with Gasteiger partial charge in [0.15, 0.2) is 11.6 Å². The Bertz CT molecular complexity index is 764. The van der Waals surface area contributed by atoms with E-state index >= 15 is 0 Å². The summed E-state index contributed by atoms with van der Waals surface area (Å²) in [5.41, 5.74) is 5.91. The summed E-state index contributed by atoms with van der Waals surface area (Å²) in [6.07, 6.45) is -1.03. The van der Waals surface area contributed by atoms with Crippen LogP contribution in [0.25, 0.3) is 0 Å². The van der Waals surface area contributed by atoms with E-state index in [1.54, 1.807) is 24.3 Å². The zero-order valence-corrected chi connectivity index (χ0v) is 10.3. The van der Waals surface area contributed by atoms with Gasteiger partial charge in [0.2, 0.25) is 0 Å². The van der Waals surface area contributed by atoms with Gasteiger partial charge in [0.05, 0.1) is 5.56 Å². The average Bonchev–Trinajstić information content (AvgIpc) is 2.44. The van der Waals surface area contributed by atoms with E-state index in [4.69, 9.17) is 10.5 Å². The number of hydrogen-bond donors (Lipinski definition) is 1. The van der Waals surface area contributed by atoms with Crippen molar-refractivity contribution in [1.82, 2.24) is 0 Å². The second kappa shape index (κ2) is 4.31. The number of ether oxygens (including phenoxy) is 1. The first kappa shape index (κ1) is 12.1. The number of primary amides is 1. The van der Waals surface area contributed by atoms with Crippen molar-refractivity contribution in [3.05, 3.63) is 64.7 Å². The van der Waals surface area contributed by atoms with Crippen LogP contribution in [0, 0.1) is 0 Å². The highest BCUT2D eigenvalue weighted by Gasteiger charge is 2.32. The molecule has 5 nitrogen and oxygen atoms in total. The zero-order valence-electron chi connectivity index (χ0n) is 10.3. The molecule has 0 radical (unpaired) electrons. The Morgan fingerprint density at radius 3 is 2.10 bits per heavy atom. The highest BCUT2D eigenvalue weighted by atomic mass is 16.5. The van der Waals surface area contributed by atoms with Gasteiger partial charge in [0.1, 0.15) is 5.75 Å². The number of hydrogen-bond acceptors (Lipinski definition) is 4. The molecule has 0 saturated carbocycles. The van der Waals surface area contributed by atoms with Gasteiger partial charge in [-0.15, -0.1) is 0 Å². The van der Waals surface area contributed by atoms with Crippen molar-refractivity contribution >= 4 is 17.7 Å². The highest BCUT2D eigenvalue weighted by Crippen LogP contribution is 2.32. The second-order valence-corrected chi connectivity index (χ2v) is 4.30. The van der Waals surface area contributed by atoms with E-state index in [0.717, 1.165) is 0 Å². The van der Waals surface area contributed by atoms with Gasteiger partial charge in [-0.3, -0.25) is 9.59 Å². The maximum Gasteiger partial charge on any atom is 0.409 e. The van der Waals surface area contributed by atoms with Crippen molar-refractivity contribution < 1.29 is 19.1 Å². The molecule has 2 aromatic carbocycles. The smallest absolute Gasteiger partial charge is 0.409 e. The molecule has 0 unspecified atom stereocenters. The molecule has 1 amide bonds. The first-order valence-corrected chi connectivity index (χ1v) is 5.88. The largest absolute Gasteiger partial charge is 0.410 e.